The van der Waals surface area contributed by atoms with Gasteiger partial charge in [0.25, 0.3) is 0 Å². The highest BCUT2D eigenvalue weighted by Crippen LogP contribution is 2.19. The van der Waals surface area contributed by atoms with Gasteiger partial charge in [0.2, 0.25) is 5.69 Å². The molecule has 0 fully saturated rings. The van der Waals surface area contributed by atoms with Gasteiger partial charge in [0.15, 0.2) is 0 Å². The van der Waals surface area contributed by atoms with Gasteiger partial charge in [-0.3, -0.25) is 15.3 Å². The molecular formula is C6H6ClN2O3+. The van der Waals surface area contributed by atoms with E-state index in [4.69, 9.17) is 16.8 Å². The fraction of sp³-hybridized carbons (Fsp3) is 0.167. The molecule has 0 aromatic carbocycles. The van der Waals surface area contributed by atoms with Crippen molar-refractivity contribution in [3.05, 3.63) is 33.1 Å². The van der Waals surface area contributed by atoms with Crippen molar-refractivity contribution < 1.29 is 14.9 Å². The van der Waals surface area contributed by atoms with Crippen LogP contribution in [0.15, 0.2) is 12.1 Å². The molecule has 12 heavy (non-hydrogen) atoms. The Kier molecular flexibility index (Phi) is 2.14. The zero-order chi connectivity index (χ0) is 9.30. The van der Waals surface area contributed by atoms with Crippen LogP contribution in [0.3, 0.4) is 0 Å². The molecule has 0 unspecified atom stereocenters. The summed E-state index contributed by atoms with van der Waals surface area (Å²) in [5.74, 6) is 0. The second-order valence-corrected chi connectivity index (χ2v) is 2.58. The third-order valence-electron chi connectivity index (χ3n) is 1.41. The van der Waals surface area contributed by atoms with Crippen molar-refractivity contribution in [3.63, 3.8) is 0 Å². The second-order valence-electron chi connectivity index (χ2n) is 2.22. The van der Waals surface area contributed by atoms with E-state index in [0.717, 1.165) is 0 Å². The van der Waals surface area contributed by atoms with Gasteiger partial charge in [0.1, 0.15) is 0 Å². The summed E-state index contributed by atoms with van der Waals surface area (Å²) in [6.07, 6.45) is 0. The fourth-order valence-electron chi connectivity index (χ4n) is 0.738. The highest BCUT2D eigenvalue weighted by atomic mass is 35.5. The number of aryl methyl sites for hydroxylation is 1. The molecule has 1 rings (SSSR count). The van der Waals surface area contributed by atoms with Gasteiger partial charge in [-0.15, -0.1) is 0 Å². The SMILES string of the molecule is Cc1ccc([N+](=O)[O-])c(Cl)[n+]1O. The predicted molar refractivity (Wildman–Crippen MR) is 40.2 cm³/mol. The standard InChI is InChI=1S/C6H6ClN2O3/c1-4-2-3-5(9(11)12)6(7)8(4)10/h2-3,10H,1H3/q+1. The monoisotopic (exact) mass is 189 g/mol. The van der Waals surface area contributed by atoms with Crippen LogP contribution in [-0.2, 0) is 0 Å². The molecule has 64 valence electrons. The molecule has 0 bridgehead atoms. The first-order chi connectivity index (χ1) is 5.54. The Hall–Kier alpha value is -1.36. The number of hydrogen-bond donors (Lipinski definition) is 1. The Morgan fingerprint density at radius 2 is 2.25 bits per heavy atom. The van der Waals surface area contributed by atoms with Crippen molar-refractivity contribution in [1.82, 2.24) is 0 Å². The first-order valence-corrected chi connectivity index (χ1v) is 3.46. The van der Waals surface area contributed by atoms with E-state index in [1.165, 1.54) is 12.1 Å². The average Bonchev–Trinajstić information content (AvgIpc) is 2.00. The predicted octanol–water partition coefficient (Wildman–Crippen LogP) is 1.08. The number of pyridine rings is 1. The van der Waals surface area contributed by atoms with E-state index >= 15 is 0 Å². The fourth-order valence-corrected chi connectivity index (χ4v) is 1.00. The van der Waals surface area contributed by atoms with Crippen LogP contribution in [0.5, 0.6) is 0 Å². The lowest BCUT2D eigenvalue weighted by Gasteiger charge is -1.92. The summed E-state index contributed by atoms with van der Waals surface area (Å²) in [5, 5.41) is 19.1. The number of rotatable bonds is 1. The third-order valence-corrected chi connectivity index (χ3v) is 1.76. The Labute approximate surface area is 72.9 Å². The van der Waals surface area contributed by atoms with Crippen molar-refractivity contribution in [2.24, 2.45) is 0 Å². The summed E-state index contributed by atoms with van der Waals surface area (Å²) in [4.78, 5) is 9.62. The third kappa shape index (κ3) is 1.31. The molecule has 6 heteroatoms. The number of aromatic nitrogens is 1. The molecule has 1 N–H and O–H groups in total. The maximum Gasteiger partial charge on any atom is 0.402 e. The van der Waals surface area contributed by atoms with Crippen LogP contribution in [0.4, 0.5) is 5.69 Å². The molecule has 0 aliphatic carbocycles. The first-order valence-electron chi connectivity index (χ1n) is 3.09. The van der Waals surface area contributed by atoms with Crippen LogP contribution < -0.4 is 4.73 Å². The maximum atomic E-state index is 10.3. The molecule has 0 saturated heterocycles. The van der Waals surface area contributed by atoms with Gasteiger partial charge in [-0.25, -0.2) is 0 Å². The minimum atomic E-state index is -0.658. The minimum Gasteiger partial charge on any atom is -0.283 e. The van der Waals surface area contributed by atoms with E-state index in [0.29, 0.717) is 10.4 Å². The molecule has 0 amide bonds. The zero-order valence-electron chi connectivity index (χ0n) is 6.19. The van der Waals surface area contributed by atoms with Crippen molar-refractivity contribution in [1.29, 1.82) is 0 Å². The summed E-state index contributed by atoms with van der Waals surface area (Å²) < 4.78 is 0.569. The first kappa shape index (κ1) is 8.73. The van der Waals surface area contributed by atoms with Gasteiger partial charge in [0, 0.05) is 35.4 Å². The molecule has 1 heterocycles. The van der Waals surface area contributed by atoms with Crippen LogP contribution >= 0.6 is 11.6 Å². The quantitative estimate of drug-likeness (QED) is 0.236. The molecule has 0 atom stereocenters. The lowest BCUT2D eigenvalue weighted by molar-refractivity contribution is -0.907. The smallest absolute Gasteiger partial charge is 0.283 e. The van der Waals surface area contributed by atoms with Gasteiger partial charge < -0.3 is 0 Å². The highest BCUT2D eigenvalue weighted by molar-refractivity contribution is 6.30. The average molecular weight is 190 g/mol. The van der Waals surface area contributed by atoms with Crippen molar-refractivity contribution in [2.45, 2.75) is 6.92 Å². The van der Waals surface area contributed by atoms with Crippen LogP contribution in [-0.4, -0.2) is 10.1 Å². The van der Waals surface area contributed by atoms with Crippen LogP contribution in [0.1, 0.15) is 5.69 Å². The summed E-state index contributed by atoms with van der Waals surface area (Å²) in [5.41, 5.74) is 0.121. The van der Waals surface area contributed by atoms with Crippen LogP contribution in [0, 0.1) is 17.0 Å². The molecule has 0 aliphatic heterocycles. The summed E-state index contributed by atoms with van der Waals surface area (Å²) >= 11 is 5.46. The van der Waals surface area contributed by atoms with Crippen molar-refractivity contribution >= 4 is 17.3 Å². The largest absolute Gasteiger partial charge is 0.402 e. The molecule has 0 saturated carbocycles. The van der Waals surface area contributed by atoms with Crippen molar-refractivity contribution in [3.8, 4) is 0 Å². The van der Waals surface area contributed by atoms with E-state index in [1.807, 2.05) is 0 Å². The summed E-state index contributed by atoms with van der Waals surface area (Å²) in [6.45, 7) is 1.58. The molecule has 0 spiro atoms. The number of nitro groups is 1. The van der Waals surface area contributed by atoms with Gasteiger partial charge in [-0.05, 0) is 0 Å². The normalized spacial score (nSPS) is 9.83. The summed E-state index contributed by atoms with van der Waals surface area (Å²) in [7, 11) is 0. The number of hydrogen-bond acceptors (Lipinski definition) is 3. The lowest BCUT2D eigenvalue weighted by Crippen LogP contribution is -2.35. The van der Waals surface area contributed by atoms with Gasteiger partial charge in [-0.2, -0.15) is 0 Å². The van der Waals surface area contributed by atoms with E-state index in [-0.39, 0.29) is 10.8 Å². The molecule has 1 aromatic rings. The van der Waals surface area contributed by atoms with E-state index in [2.05, 4.69) is 0 Å². The number of nitrogens with zero attached hydrogens (tertiary/aromatic N) is 2. The van der Waals surface area contributed by atoms with E-state index in [9.17, 15) is 10.1 Å². The van der Waals surface area contributed by atoms with Gasteiger partial charge >= 0.3 is 10.8 Å². The Balaban J connectivity index is 3.36. The van der Waals surface area contributed by atoms with Crippen molar-refractivity contribution in [2.75, 3.05) is 0 Å². The lowest BCUT2D eigenvalue weighted by atomic mass is 10.3. The maximum absolute atomic E-state index is 10.3. The van der Waals surface area contributed by atoms with Gasteiger partial charge in [0.05, 0.1) is 4.92 Å². The zero-order valence-corrected chi connectivity index (χ0v) is 6.95. The Bertz CT molecular complexity index is 340. The van der Waals surface area contributed by atoms with Crippen LogP contribution in [0.2, 0.25) is 5.15 Å². The second kappa shape index (κ2) is 2.94. The summed E-state index contributed by atoms with van der Waals surface area (Å²) in [6, 6.07) is 2.65. The molecule has 5 nitrogen and oxygen atoms in total. The van der Waals surface area contributed by atoms with Gasteiger partial charge in [-0.1, -0.05) is 0 Å². The Morgan fingerprint density at radius 3 is 2.75 bits per heavy atom. The van der Waals surface area contributed by atoms with E-state index < -0.39 is 4.92 Å². The van der Waals surface area contributed by atoms with E-state index in [1.54, 1.807) is 6.92 Å². The topological polar surface area (TPSA) is 67.2 Å². The highest BCUT2D eigenvalue weighted by Gasteiger charge is 2.25. The molecule has 0 radical (unpaired) electrons. The number of halogens is 1. The van der Waals surface area contributed by atoms with Crippen LogP contribution in [0.25, 0.3) is 0 Å². The molecule has 0 aliphatic rings. The Morgan fingerprint density at radius 1 is 1.67 bits per heavy atom. The minimum absolute atomic E-state index is 0.292. The molecular weight excluding hydrogens is 184 g/mol. The molecule has 1 aromatic heterocycles.